The summed E-state index contributed by atoms with van der Waals surface area (Å²) in [5.74, 6) is -1.81. The van der Waals surface area contributed by atoms with Crippen molar-refractivity contribution in [3.8, 4) is 0 Å². The van der Waals surface area contributed by atoms with Gasteiger partial charge in [0.15, 0.2) is 0 Å². The van der Waals surface area contributed by atoms with Gasteiger partial charge < -0.3 is 20.1 Å². The van der Waals surface area contributed by atoms with E-state index in [4.69, 9.17) is 44.3 Å². The minimum absolute atomic E-state index is 0.165. The van der Waals surface area contributed by atoms with Gasteiger partial charge in [0.2, 0.25) is 15.6 Å². The van der Waals surface area contributed by atoms with E-state index >= 15 is 0 Å². The molecule has 0 aromatic carbocycles. The average molecular weight is 626 g/mol. The molecule has 3 amide bonds. The Bertz CT molecular complexity index is 918. The van der Waals surface area contributed by atoms with E-state index in [1.54, 1.807) is 26.0 Å². The Balaban J connectivity index is 2.18. The Morgan fingerprint density at radius 1 is 1.10 bits per heavy atom. The van der Waals surface area contributed by atoms with E-state index in [1.165, 1.54) is 5.01 Å². The molecule has 0 radical (unpaired) electrons. The second kappa shape index (κ2) is 15.6. The van der Waals surface area contributed by atoms with Crippen LogP contribution in [0.5, 0.6) is 0 Å². The fraction of sp³-hybridized carbons (Fsp3) is 0.778. The first-order chi connectivity index (χ1) is 18.6. The Morgan fingerprint density at radius 3 is 2.33 bits per heavy atom. The molecule has 1 unspecified atom stereocenters. The molecule has 10 nitrogen and oxygen atoms in total. The number of carbonyl (C=O) groups is 4. The lowest BCUT2D eigenvalue weighted by Gasteiger charge is -2.37. The van der Waals surface area contributed by atoms with Crippen LogP contribution in [0.4, 0.5) is 0 Å². The highest BCUT2D eigenvalue weighted by molar-refractivity contribution is 6.67. The van der Waals surface area contributed by atoms with Gasteiger partial charge in [-0.2, -0.15) is 0 Å². The molecule has 0 aromatic rings. The Labute approximate surface area is 252 Å². The van der Waals surface area contributed by atoms with Gasteiger partial charge in [-0.15, -0.1) is 0 Å². The Kier molecular flexibility index (Phi) is 13.5. The first-order valence-corrected chi connectivity index (χ1v) is 14.9. The predicted octanol–water partition coefficient (Wildman–Crippen LogP) is 3.44. The van der Waals surface area contributed by atoms with E-state index in [0.717, 1.165) is 12.8 Å². The maximum Gasteiger partial charge on any atom is 0.325 e. The maximum atomic E-state index is 13.8. The van der Waals surface area contributed by atoms with Crippen molar-refractivity contribution in [1.29, 1.82) is 0 Å². The number of esters is 1. The van der Waals surface area contributed by atoms with E-state index < -0.39 is 45.8 Å². The molecule has 2 aliphatic heterocycles. The van der Waals surface area contributed by atoms with Crippen molar-refractivity contribution in [3.05, 3.63) is 12.2 Å². The third kappa shape index (κ3) is 11.0. The molecule has 0 aliphatic carbocycles. The second-order valence-electron chi connectivity index (χ2n) is 11.3. The number of alkyl halides is 3. The molecule has 13 heteroatoms. The zero-order valence-electron chi connectivity index (χ0n) is 23.9. The van der Waals surface area contributed by atoms with Gasteiger partial charge in [0.1, 0.15) is 24.7 Å². The number of hydrogen-bond donors (Lipinski definition) is 3. The van der Waals surface area contributed by atoms with Gasteiger partial charge in [-0.05, 0) is 64.7 Å². The smallest absolute Gasteiger partial charge is 0.325 e. The van der Waals surface area contributed by atoms with Crippen LogP contribution in [0, 0.1) is 17.3 Å². The second-order valence-corrected chi connectivity index (χ2v) is 13.8. The van der Waals surface area contributed by atoms with Crippen molar-refractivity contribution in [1.82, 2.24) is 21.1 Å². The molecule has 2 rings (SSSR count). The molecule has 2 saturated heterocycles. The van der Waals surface area contributed by atoms with Crippen LogP contribution in [0.3, 0.4) is 0 Å². The minimum Gasteiger partial charge on any atom is -0.460 e. The van der Waals surface area contributed by atoms with Crippen LogP contribution in [0.1, 0.15) is 66.7 Å². The van der Waals surface area contributed by atoms with Crippen molar-refractivity contribution in [2.45, 2.75) is 88.6 Å². The van der Waals surface area contributed by atoms with Gasteiger partial charge in [0, 0.05) is 19.8 Å². The zero-order chi connectivity index (χ0) is 30.1. The van der Waals surface area contributed by atoms with Crippen LogP contribution in [-0.2, 0) is 28.7 Å². The predicted molar refractivity (Wildman–Crippen MR) is 155 cm³/mol. The van der Waals surface area contributed by atoms with Gasteiger partial charge in [0.05, 0.1) is 5.41 Å². The van der Waals surface area contributed by atoms with Crippen LogP contribution in [0.25, 0.3) is 0 Å². The number of rotatable bonds is 11. The number of ether oxygens (including phenoxy) is 2. The molecule has 3 N–H and O–H groups in total. The van der Waals surface area contributed by atoms with E-state index in [1.807, 2.05) is 20.8 Å². The van der Waals surface area contributed by atoms with Crippen LogP contribution >= 0.6 is 34.8 Å². The summed E-state index contributed by atoms with van der Waals surface area (Å²) in [6.45, 7) is 10.1. The molecule has 2 fully saturated rings. The summed E-state index contributed by atoms with van der Waals surface area (Å²) < 4.78 is 8.81. The summed E-state index contributed by atoms with van der Waals surface area (Å²) in [4.78, 5) is 52.8. The fourth-order valence-corrected chi connectivity index (χ4v) is 4.87. The van der Waals surface area contributed by atoms with Crippen molar-refractivity contribution in [3.63, 3.8) is 0 Å². The number of nitrogens with one attached hydrogen (secondary N) is 3. The highest BCUT2D eigenvalue weighted by Crippen LogP contribution is 2.27. The lowest BCUT2D eigenvalue weighted by atomic mass is 9.90. The number of hydrazine groups is 1. The number of nitrogens with zero attached hydrogens (tertiary/aromatic N) is 1. The Hall–Kier alpha value is -1.59. The van der Waals surface area contributed by atoms with Gasteiger partial charge in [0.25, 0.3) is 5.91 Å². The standard InChI is InChI=1S/C27H43Cl3N4O6/c1-6-11-26(4,5)25(38)32-21(17(2)3)22(35)31-20(15-18-9-13-39-14-10-18)23(36)34-12-7-8-19(33-34)24(37)40-16-27(28,29)30/h6,11,17-21,33H,7-10,12-16H2,1-5H3,(H,31,35)(H,32,38)/b11-6+/t19-,20?,21-/m0/s1. The van der Waals surface area contributed by atoms with Gasteiger partial charge in [-0.25, -0.2) is 5.43 Å². The number of carbonyl (C=O) groups excluding carboxylic acids is 4. The first kappa shape index (κ1) is 34.6. The third-order valence-electron chi connectivity index (χ3n) is 7.04. The van der Waals surface area contributed by atoms with Crippen molar-refractivity contribution < 1.29 is 28.7 Å². The van der Waals surface area contributed by atoms with Crippen LogP contribution in [-0.4, -0.2) is 77.0 Å². The van der Waals surface area contributed by atoms with E-state index in [-0.39, 0.29) is 23.7 Å². The minimum atomic E-state index is -1.75. The summed E-state index contributed by atoms with van der Waals surface area (Å²) in [6.07, 6.45) is 6.46. The first-order valence-electron chi connectivity index (χ1n) is 13.8. The SMILES string of the molecule is C/C=C/C(C)(C)C(=O)N[C@H](C(=O)NC(CC1CCOCC1)C(=O)N1CCC[C@@H](C(=O)OCC(Cl)(Cl)Cl)N1)C(C)C. The number of amides is 3. The zero-order valence-corrected chi connectivity index (χ0v) is 26.2. The lowest BCUT2D eigenvalue weighted by Crippen LogP contribution is -2.62. The molecule has 0 saturated carbocycles. The van der Waals surface area contributed by atoms with E-state index in [0.29, 0.717) is 39.0 Å². The fourth-order valence-electron chi connectivity index (χ4n) is 4.71. The molecule has 40 heavy (non-hydrogen) atoms. The number of halogens is 3. The van der Waals surface area contributed by atoms with Gasteiger partial charge >= 0.3 is 5.97 Å². The van der Waals surface area contributed by atoms with Crippen LogP contribution in [0.15, 0.2) is 12.2 Å². The van der Waals surface area contributed by atoms with Crippen molar-refractivity contribution in [2.24, 2.45) is 17.3 Å². The van der Waals surface area contributed by atoms with Crippen molar-refractivity contribution in [2.75, 3.05) is 26.4 Å². The Morgan fingerprint density at radius 2 is 1.75 bits per heavy atom. The largest absolute Gasteiger partial charge is 0.460 e. The summed E-state index contributed by atoms with van der Waals surface area (Å²) >= 11 is 17.1. The summed E-state index contributed by atoms with van der Waals surface area (Å²) in [7, 11) is 0. The average Bonchev–Trinajstić information content (AvgIpc) is 2.89. The summed E-state index contributed by atoms with van der Waals surface area (Å²) in [6, 6.07) is -2.53. The molecule has 2 heterocycles. The maximum absolute atomic E-state index is 13.8. The highest BCUT2D eigenvalue weighted by atomic mass is 35.6. The van der Waals surface area contributed by atoms with E-state index in [9.17, 15) is 19.2 Å². The molecule has 0 bridgehead atoms. The molecular weight excluding hydrogens is 583 g/mol. The summed E-state index contributed by atoms with van der Waals surface area (Å²) in [5, 5.41) is 7.12. The molecule has 3 atom stereocenters. The molecular formula is C27H43Cl3N4O6. The lowest BCUT2D eigenvalue weighted by molar-refractivity contribution is -0.153. The third-order valence-corrected chi connectivity index (χ3v) is 7.37. The normalized spacial score (nSPS) is 20.7. The topological polar surface area (TPSA) is 126 Å². The van der Waals surface area contributed by atoms with E-state index in [2.05, 4.69) is 16.1 Å². The van der Waals surface area contributed by atoms with Gasteiger partial charge in [-0.1, -0.05) is 60.8 Å². The summed E-state index contributed by atoms with van der Waals surface area (Å²) in [5.41, 5.74) is 2.12. The monoisotopic (exact) mass is 624 g/mol. The number of hydrogen-bond acceptors (Lipinski definition) is 7. The van der Waals surface area contributed by atoms with Gasteiger partial charge in [-0.3, -0.25) is 24.2 Å². The molecule has 228 valence electrons. The quantitative estimate of drug-likeness (QED) is 0.182. The van der Waals surface area contributed by atoms with Crippen LogP contribution < -0.4 is 16.1 Å². The van der Waals surface area contributed by atoms with Crippen LogP contribution in [0.2, 0.25) is 0 Å². The molecule has 0 aromatic heterocycles. The number of allylic oxidation sites excluding steroid dienone is 1. The highest BCUT2D eigenvalue weighted by Gasteiger charge is 2.37. The molecule has 0 spiro atoms. The molecule has 2 aliphatic rings. The van der Waals surface area contributed by atoms with Crippen molar-refractivity contribution >= 4 is 58.5 Å².